The Labute approximate surface area is 189 Å². The highest BCUT2D eigenvalue weighted by Crippen LogP contribution is 2.28. The number of rotatable bonds is 7. The van der Waals surface area contributed by atoms with Crippen molar-refractivity contribution in [3.63, 3.8) is 0 Å². The number of nitrogens with zero attached hydrogens (tertiary/aromatic N) is 2. The molecule has 3 amide bonds. The smallest absolute Gasteiger partial charge is 0.321 e. The number of aromatic nitrogens is 2. The molecular weight excluding hydrogens is 424 g/mol. The molecule has 1 heterocycles. The fourth-order valence-corrected chi connectivity index (χ4v) is 4.02. The number of ether oxygens (including phenoxy) is 1. The first kappa shape index (κ1) is 21.5. The van der Waals surface area contributed by atoms with Crippen molar-refractivity contribution in [1.82, 2.24) is 20.2 Å². The summed E-state index contributed by atoms with van der Waals surface area (Å²) in [5, 5.41) is 5.71. The predicted octanol–water partition coefficient (Wildman–Crippen LogP) is 4.15. The molecule has 0 radical (unpaired) electrons. The summed E-state index contributed by atoms with van der Waals surface area (Å²) in [5.41, 5.74) is 3.62. The van der Waals surface area contributed by atoms with E-state index in [1.165, 1.54) is 11.8 Å². The minimum Gasteiger partial charge on any atom is -0.497 e. The molecule has 1 aromatic heterocycles. The van der Waals surface area contributed by atoms with Gasteiger partial charge in [0.15, 0.2) is 5.16 Å². The van der Waals surface area contributed by atoms with E-state index in [0.717, 1.165) is 28.0 Å². The van der Waals surface area contributed by atoms with E-state index in [1.54, 1.807) is 7.11 Å². The Hall–Kier alpha value is -3.78. The highest BCUT2D eigenvalue weighted by Gasteiger charge is 2.15. The molecule has 0 atom stereocenters. The summed E-state index contributed by atoms with van der Waals surface area (Å²) in [6.45, 7) is 0.348. The number of amides is 3. The summed E-state index contributed by atoms with van der Waals surface area (Å²) >= 11 is 1.27. The van der Waals surface area contributed by atoms with Crippen LogP contribution in [0.15, 0.2) is 84.0 Å². The molecule has 0 unspecified atom stereocenters. The number of benzene rings is 3. The lowest BCUT2D eigenvalue weighted by Crippen LogP contribution is -2.39. The van der Waals surface area contributed by atoms with Gasteiger partial charge in [-0.15, -0.1) is 0 Å². The van der Waals surface area contributed by atoms with Gasteiger partial charge in [0.1, 0.15) is 5.75 Å². The van der Waals surface area contributed by atoms with Crippen LogP contribution in [0.3, 0.4) is 0 Å². The van der Waals surface area contributed by atoms with Crippen molar-refractivity contribution in [2.24, 2.45) is 0 Å². The molecule has 0 bridgehead atoms. The van der Waals surface area contributed by atoms with Crippen molar-refractivity contribution in [2.45, 2.75) is 11.7 Å². The fraction of sp³-hybridized carbons (Fsp3) is 0.125. The molecular formula is C24H22N4O3S. The molecule has 3 aromatic carbocycles. The standard InChI is InChI=1S/C24H22N4O3S/c1-31-19-13-11-18(12-14-19)28-21-10-6-5-9-20(21)26-24(28)32-16-22(29)27-23(30)25-15-17-7-3-2-4-8-17/h2-14H,15-16H2,1H3,(H2,25,27,29,30). The monoisotopic (exact) mass is 446 g/mol. The average Bonchev–Trinajstić information content (AvgIpc) is 3.20. The maximum absolute atomic E-state index is 12.3. The number of nitrogens with one attached hydrogen (secondary N) is 2. The normalized spacial score (nSPS) is 10.7. The summed E-state index contributed by atoms with van der Waals surface area (Å²) < 4.78 is 7.24. The maximum Gasteiger partial charge on any atom is 0.321 e. The van der Waals surface area contributed by atoms with Gasteiger partial charge in [-0.25, -0.2) is 9.78 Å². The lowest BCUT2D eigenvalue weighted by atomic mass is 10.2. The summed E-state index contributed by atoms with van der Waals surface area (Å²) in [5.74, 6) is 0.417. The van der Waals surface area contributed by atoms with E-state index in [9.17, 15) is 9.59 Å². The van der Waals surface area contributed by atoms with Crippen LogP contribution in [-0.4, -0.2) is 34.4 Å². The average molecular weight is 447 g/mol. The van der Waals surface area contributed by atoms with Crippen LogP contribution >= 0.6 is 11.8 Å². The van der Waals surface area contributed by atoms with Gasteiger partial charge >= 0.3 is 6.03 Å². The Kier molecular flexibility index (Phi) is 6.72. The number of carbonyl (C=O) groups is 2. The number of imidazole rings is 1. The molecule has 7 nitrogen and oxygen atoms in total. The van der Waals surface area contributed by atoms with E-state index < -0.39 is 11.9 Å². The third kappa shape index (κ3) is 5.09. The van der Waals surface area contributed by atoms with E-state index in [-0.39, 0.29) is 5.75 Å². The Morgan fingerprint density at radius 1 is 0.969 bits per heavy atom. The van der Waals surface area contributed by atoms with Gasteiger partial charge in [-0.2, -0.15) is 0 Å². The second-order valence-corrected chi connectivity index (χ2v) is 7.86. The van der Waals surface area contributed by atoms with E-state index in [4.69, 9.17) is 4.74 Å². The lowest BCUT2D eigenvalue weighted by Gasteiger charge is -2.10. The zero-order chi connectivity index (χ0) is 22.3. The molecule has 4 rings (SSSR count). The second-order valence-electron chi connectivity index (χ2n) is 6.92. The number of hydrogen-bond acceptors (Lipinski definition) is 5. The number of hydrogen-bond donors (Lipinski definition) is 2. The van der Waals surface area contributed by atoms with Gasteiger partial charge in [0.05, 0.1) is 23.9 Å². The Morgan fingerprint density at radius 2 is 1.69 bits per heavy atom. The third-order valence-electron chi connectivity index (χ3n) is 4.74. The van der Waals surface area contributed by atoms with E-state index in [2.05, 4.69) is 15.6 Å². The number of para-hydroxylation sites is 2. The molecule has 0 aliphatic rings. The van der Waals surface area contributed by atoms with E-state index >= 15 is 0 Å². The summed E-state index contributed by atoms with van der Waals surface area (Å²) in [7, 11) is 1.62. The van der Waals surface area contributed by atoms with Gasteiger partial charge < -0.3 is 10.1 Å². The maximum atomic E-state index is 12.3. The molecule has 32 heavy (non-hydrogen) atoms. The molecule has 0 saturated heterocycles. The molecule has 4 aromatic rings. The van der Waals surface area contributed by atoms with Crippen LogP contribution in [0.5, 0.6) is 5.75 Å². The Balaban J connectivity index is 1.43. The zero-order valence-corrected chi connectivity index (χ0v) is 18.3. The quantitative estimate of drug-likeness (QED) is 0.417. The number of methoxy groups -OCH3 is 1. The van der Waals surface area contributed by atoms with Crippen molar-refractivity contribution >= 4 is 34.7 Å². The molecule has 0 fully saturated rings. The van der Waals surface area contributed by atoms with Crippen LogP contribution in [0.1, 0.15) is 5.56 Å². The van der Waals surface area contributed by atoms with Crippen LogP contribution in [0.2, 0.25) is 0 Å². The van der Waals surface area contributed by atoms with Crippen LogP contribution < -0.4 is 15.4 Å². The molecule has 0 aliphatic carbocycles. The minimum absolute atomic E-state index is 0.0538. The molecule has 0 aliphatic heterocycles. The van der Waals surface area contributed by atoms with Gasteiger partial charge in [0.25, 0.3) is 0 Å². The van der Waals surface area contributed by atoms with Crippen molar-refractivity contribution < 1.29 is 14.3 Å². The topological polar surface area (TPSA) is 85.2 Å². The van der Waals surface area contributed by atoms with Gasteiger partial charge in [0.2, 0.25) is 5.91 Å². The molecule has 2 N–H and O–H groups in total. The van der Waals surface area contributed by atoms with Gasteiger partial charge in [-0.05, 0) is 42.0 Å². The third-order valence-corrected chi connectivity index (χ3v) is 5.68. The molecule has 162 valence electrons. The minimum atomic E-state index is -0.525. The molecule has 0 saturated carbocycles. The fourth-order valence-electron chi connectivity index (χ4n) is 3.20. The van der Waals surface area contributed by atoms with Gasteiger partial charge in [0, 0.05) is 12.2 Å². The van der Waals surface area contributed by atoms with Crippen LogP contribution in [-0.2, 0) is 11.3 Å². The van der Waals surface area contributed by atoms with Crippen molar-refractivity contribution in [1.29, 1.82) is 0 Å². The van der Waals surface area contributed by atoms with E-state index in [0.29, 0.717) is 11.7 Å². The zero-order valence-electron chi connectivity index (χ0n) is 17.4. The SMILES string of the molecule is COc1ccc(-n2c(SCC(=O)NC(=O)NCc3ccccc3)nc3ccccc32)cc1. The number of imide groups is 1. The first-order chi connectivity index (χ1) is 15.6. The first-order valence-corrected chi connectivity index (χ1v) is 11.0. The molecule has 0 spiro atoms. The number of carbonyl (C=O) groups excluding carboxylic acids is 2. The van der Waals surface area contributed by atoms with Gasteiger partial charge in [-0.3, -0.25) is 14.7 Å². The highest BCUT2D eigenvalue weighted by atomic mass is 32.2. The summed E-state index contributed by atoms with van der Waals surface area (Å²) in [4.78, 5) is 29.1. The van der Waals surface area contributed by atoms with Crippen molar-refractivity contribution in [3.8, 4) is 11.4 Å². The number of thioether (sulfide) groups is 1. The number of fused-ring (bicyclic) bond motifs is 1. The summed E-state index contributed by atoms with van der Waals surface area (Å²) in [6, 6.07) is 24.4. The number of urea groups is 1. The van der Waals surface area contributed by atoms with Crippen molar-refractivity contribution in [3.05, 3.63) is 84.4 Å². The highest BCUT2D eigenvalue weighted by molar-refractivity contribution is 7.99. The summed E-state index contributed by atoms with van der Waals surface area (Å²) in [6.07, 6.45) is 0. The Bertz CT molecular complexity index is 1220. The first-order valence-electron chi connectivity index (χ1n) is 10.0. The van der Waals surface area contributed by atoms with Crippen LogP contribution in [0.4, 0.5) is 4.79 Å². The van der Waals surface area contributed by atoms with Crippen molar-refractivity contribution in [2.75, 3.05) is 12.9 Å². The second kappa shape index (κ2) is 10.0. The Morgan fingerprint density at radius 3 is 2.44 bits per heavy atom. The molecule has 8 heteroatoms. The largest absolute Gasteiger partial charge is 0.497 e. The van der Waals surface area contributed by atoms with Gasteiger partial charge in [-0.1, -0.05) is 54.2 Å². The van der Waals surface area contributed by atoms with E-state index in [1.807, 2.05) is 83.4 Å². The van der Waals surface area contributed by atoms with Crippen LogP contribution in [0, 0.1) is 0 Å². The van der Waals surface area contributed by atoms with Crippen LogP contribution in [0.25, 0.3) is 16.7 Å². The predicted molar refractivity (Wildman–Crippen MR) is 125 cm³/mol. The lowest BCUT2D eigenvalue weighted by molar-refractivity contribution is -0.117.